The smallest absolute Gasteiger partial charge is 0.173 e. The molecule has 0 aromatic heterocycles. The molecule has 0 aliphatic heterocycles. The summed E-state index contributed by atoms with van der Waals surface area (Å²) in [6, 6.07) is 22.5. The third-order valence-corrected chi connectivity index (χ3v) is 11.6. The zero-order valence-corrected chi connectivity index (χ0v) is 21.5. The van der Waals surface area contributed by atoms with Gasteiger partial charge in [0.25, 0.3) is 0 Å². The lowest BCUT2D eigenvalue weighted by molar-refractivity contribution is 0.538. The first-order valence-corrected chi connectivity index (χ1v) is 18.0. The largest absolute Gasteiger partial charge is 0.456 e. The van der Waals surface area contributed by atoms with Crippen LogP contribution in [0.15, 0.2) is 60.7 Å². The van der Waals surface area contributed by atoms with Crippen molar-refractivity contribution < 1.29 is 4.12 Å². The van der Waals surface area contributed by atoms with Crippen LogP contribution in [0, 0.1) is 0 Å². The molecule has 0 bridgehead atoms. The summed E-state index contributed by atoms with van der Waals surface area (Å²) in [6.07, 6.45) is 5.11. The van der Waals surface area contributed by atoms with Crippen molar-refractivity contribution in [1.82, 2.24) is 0 Å². The minimum Gasteiger partial charge on any atom is -0.456 e. The van der Waals surface area contributed by atoms with Gasteiger partial charge < -0.3 is 9.85 Å². The second-order valence-corrected chi connectivity index (χ2v) is 19.2. The summed E-state index contributed by atoms with van der Waals surface area (Å²) in [7, 11) is -1.92. The molecule has 2 aromatic rings. The van der Waals surface area contributed by atoms with E-state index < -0.39 is 16.6 Å². The molecule has 5 heteroatoms. The molecule has 0 amide bonds. The van der Waals surface area contributed by atoms with Gasteiger partial charge in [-0.3, -0.25) is 0 Å². The van der Waals surface area contributed by atoms with E-state index in [9.17, 15) is 0 Å². The van der Waals surface area contributed by atoms with Gasteiger partial charge in [0.15, 0.2) is 16.6 Å². The van der Waals surface area contributed by atoms with Crippen LogP contribution < -0.4 is 16.3 Å². The second-order valence-electron chi connectivity index (χ2n) is 8.78. The van der Waals surface area contributed by atoms with Gasteiger partial charge >= 0.3 is 0 Å². The molecule has 0 aliphatic carbocycles. The van der Waals surface area contributed by atoms with Crippen LogP contribution in [-0.4, -0.2) is 23.2 Å². The molecule has 0 aliphatic rings. The van der Waals surface area contributed by atoms with Crippen LogP contribution in [0.4, 0.5) is 0 Å². The molecule has 2 rings (SSSR count). The lowest BCUT2D eigenvalue weighted by Crippen LogP contribution is -2.42. The number of nitrogens with two attached hydrogens (primary N) is 1. The monoisotopic (exact) mass is 433 g/mol. The molecule has 0 spiro atoms. The Morgan fingerprint density at radius 3 is 1.61 bits per heavy atom. The summed E-state index contributed by atoms with van der Waals surface area (Å²) >= 11 is 0. The predicted molar refractivity (Wildman–Crippen MR) is 135 cm³/mol. The van der Waals surface area contributed by atoms with Gasteiger partial charge in [-0.25, -0.2) is 0 Å². The van der Waals surface area contributed by atoms with E-state index in [1.165, 1.54) is 42.3 Å². The summed E-state index contributed by atoms with van der Waals surface area (Å²) < 4.78 is 6.28. The Kier molecular flexibility index (Phi) is 12.1. The number of unbranched alkanes of at least 4 members (excludes halogenated alkanes) is 3. The molecular formula is C23H40NOPSi2. The predicted octanol–water partition coefficient (Wildman–Crippen LogP) is 5.88. The van der Waals surface area contributed by atoms with Crippen LogP contribution in [0.2, 0.25) is 38.8 Å². The highest BCUT2D eigenvalue weighted by atomic mass is 31.1. The number of rotatable bonds is 10. The van der Waals surface area contributed by atoms with Gasteiger partial charge in [0.2, 0.25) is 0 Å². The quantitative estimate of drug-likeness (QED) is 0.288. The van der Waals surface area contributed by atoms with E-state index in [1.807, 2.05) is 0 Å². The van der Waals surface area contributed by atoms with Gasteiger partial charge in [-0.2, -0.15) is 0 Å². The van der Waals surface area contributed by atoms with Crippen molar-refractivity contribution in [2.45, 2.75) is 64.5 Å². The van der Waals surface area contributed by atoms with Crippen LogP contribution in [0.25, 0.3) is 0 Å². The van der Waals surface area contributed by atoms with E-state index in [4.69, 9.17) is 9.85 Å². The molecule has 0 saturated carbocycles. The maximum absolute atomic E-state index is 6.28. The number of hydrogen-bond donors (Lipinski definition) is 1. The third kappa shape index (κ3) is 13.4. The van der Waals surface area contributed by atoms with Crippen LogP contribution in [0.3, 0.4) is 0 Å². The Balaban J connectivity index is 0.000000281. The first kappa shape index (κ1) is 25.3. The van der Waals surface area contributed by atoms with Crippen molar-refractivity contribution in [1.29, 1.82) is 0 Å². The first-order chi connectivity index (χ1) is 13.2. The second kappa shape index (κ2) is 13.4. The fourth-order valence-electron chi connectivity index (χ4n) is 3.14. The zero-order valence-electron chi connectivity index (χ0n) is 18.5. The summed E-state index contributed by atoms with van der Waals surface area (Å²) in [5.74, 6) is 0. The normalized spacial score (nSPS) is 11.6. The average molecular weight is 434 g/mol. The maximum Gasteiger partial charge on any atom is 0.173 e. The molecule has 0 saturated heterocycles. The van der Waals surface area contributed by atoms with Crippen molar-refractivity contribution in [2.75, 3.05) is 6.54 Å². The molecule has 2 nitrogen and oxygen atoms in total. The first-order valence-electron chi connectivity index (χ1n) is 10.5. The number of benzene rings is 2. The van der Waals surface area contributed by atoms with Gasteiger partial charge in [0.1, 0.15) is 0 Å². The highest BCUT2D eigenvalue weighted by Gasteiger charge is 2.28. The lowest BCUT2D eigenvalue weighted by Gasteiger charge is -2.31. The molecule has 0 unspecified atom stereocenters. The molecule has 156 valence electrons. The standard InChI is InChI=1S/C12H11P.C11H29NOSi2/c1-3-7-11(8-4-1)13-12-9-5-2-6-10-12;1-14(2,3)13-15(4,5)11-9-7-6-8-10-12/h1-10,13H;6-12H2,1-5H3. The summed E-state index contributed by atoms with van der Waals surface area (Å²) in [6.45, 7) is 12.4. The van der Waals surface area contributed by atoms with Crippen LogP contribution >= 0.6 is 8.58 Å². The van der Waals surface area contributed by atoms with Crippen LogP contribution in [0.5, 0.6) is 0 Å². The SMILES string of the molecule is C[Si](C)(C)O[Si](C)(C)CCCCCCN.c1ccc(Pc2ccccc2)cc1. The fourth-order valence-corrected chi connectivity index (χ4v) is 12.3. The van der Waals surface area contributed by atoms with Crippen LogP contribution in [0.1, 0.15) is 25.7 Å². The third-order valence-electron chi connectivity index (χ3n) is 4.15. The molecule has 2 N–H and O–H groups in total. The molecule has 0 heterocycles. The molecule has 0 fully saturated rings. The highest BCUT2D eigenvalue weighted by Crippen LogP contribution is 2.21. The highest BCUT2D eigenvalue weighted by molar-refractivity contribution is 7.55. The fraction of sp³-hybridized carbons (Fsp3) is 0.478. The Labute approximate surface area is 177 Å². The van der Waals surface area contributed by atoms with Gasteiger partial charge in [0, 0.05) is 0 Å². The van der Waals surface area contributed by atoms with Crippen LogP contribution in [-0.2, 0) is 4.12 Å². The van der Waals surface area contributed by atoms with Gasteiger partial charge in [0.05, 0.1) is 0 Å². The van der Waals surface area contributed by atoms with Crippen molar-refractivity contribution in [2.24, 2.45) is 5.73 Å². The Hall–Kier alpha value is -0.776. The zero-order chi connectivity index (χ0) is 20.9. The van der Waals surface area contributed by atoms with Crippen molar-refractivity contribution >= 4 is 35.8 Å². The van der Waals surface area contributed by atoms with E-state index in [2.05, 4.69) is 93.4 Å². The summed E-state index contributed by atoms with van der Waals surface area (Å²) in [4.78, 5) is 0. The molecule has 28 heavy (non-hydrogen) atoms. The summed E-state index contributed by atoms with van der Waals surface area (Å²) in [5.41, 5.74) is 5.47. The van der Waals surface area contributed by atoms with Gasteiger partial charge in [-0.05, 0) is 62.4 Å². The van der Waals surface area contributed by atoms with Crippen molar-refractivity contribution in [3.63, 3.8) is 0 Å². The van der Waals surface area contributed by atoms with E-state index in [0.29, 0.717) is 0 Å². The van der Waals surface area contributed by atoms with Gasteiger partial charge in [-0.1, -0.05) is 88.5 Å². The molecular weight excluding hydrogens is 393 g/mol. The van der Waals surface area contributed by atoms with E-state index in [-0.39, 0.29) is 0 Å². The minimum atomic E-state index is -1.37. The topological polar surface area (TPSA) is 35.2 Å². The lowest BCUT2D eigenvalue weighted by atomic mass is 10.2. The Morgan fingerprint density at radius 2 is 1.18 bits per heavy atom. The Bertz CT molecular complexity index is 593. The van der Waals surface area contributed by atoms with Crippen molar-refractivity contribution in [3.05, 3.63) is 60.7 Å². The molecule has 0 atom stereocenters. The molecule has 2 aromatic carbocycles. The van der Waals surface area contributed by atoms with Crippen molar-refractivity contribution in [3.8, 4) is 0 Å². The summed E-state index contributed by atoms with van der Waals surface area (Å²) in [5, 5.41) is 2.79. The average Bonchev–Trinajstić information content (AvgIpc) is 2.62. The Morgan fingerprint density at radius 1 is 0.714 bits per heavy atom. The number of hydrogen-bond acceptors (Lipinski definition) is 2. The van der Waals surface area contributed by atoms with Gasteiger partial charge in [-0.15, -0.1) is 0 Å². The maximum atomic E-state index is 6.28. The van der Waals surface area contributed by atoms with E-state index in [1.54, 1.807) is 0 Å². The van der Waals surface area contributed by atoms with E-state index in [0.717, 1.165) is 15.1 Å². The molecule has 0 radical (unpaired) electrons. The minimum absolute atomic E-state index is 0.777. The van der Waals surface area contributed by atoms with E-state index >= 15 is 0 Å².